The van der Waals surface area contributed by atoms with Gasteiger partial charge in [-0.3, -0.25) is 0 Å². The van der Waals surface area contributed by atoms with Crippen LogP contribution < -0.4 is 10.2 Å². The number of hydrogen-bond acceptors (Lipinski definition) is 2. The van der Waals surface area contributed by atoms with Crippen LogP contribution in [0.4, 0.5) is 5.69 Å². The summed E-state index contributed by atoms with van der Waals surface area (Å²) in [5.74, 6) is 0. The Bertz CT molecular complexity index is 560. The fourth-order valence-electron chi connectivity index (χ4n) is 2.14. The van der Waals surface area contributed by atoms with Crippen LogP contribution in [0.25, 0.3) is 0 Å². The van der Waals surface area contributed by atoms with Crippen LogP contribution in [0.1, 0.15) is 12.0 Å². The highest BCUT2D eigenvalue weighted by atomic mass is 79.9. The number of nitrogens with zero attached hydrogens (tertiary/aromatic N) is 1. The van der Waals surface area contributed by atoms with Gasteiger partial charge in [-0.25, -0.2) is 0 Å². The fourth-order valence-corrected chi connectivity index (χ4v) is 2.68. The summed E-state index contributed by atoms with van der Waals surface area (Å²) in [4.78, 5) is 2.28. The standard InChI is InChI=1S/C17H20BrClN2/c1-21(15-6-3-2-4-7-15)11-5-10-20-13-14-8-9-17(19)16(18)12-14/h2-4,6-9,12,20H,5,10-11,13H2,1H3. The van der Waals surface area contributed by atoms with Gasteiger partial charge in [0, 0.05) is 30.3 Å². The van der Waals surface area contributed by atoms with E-state index in [0.29, 0.717) is 0 Å². The van der Waals surface area contributed by atoms with Crippen molar-refractivity contribution >= 4 is 33.2 Å². The molecule has 2 aromatic rings. The van der Waals surface area contributed by atoms with Crippen LogP contribution in [-0.2, 0) is 6.54 Å². The van der Waals surface area contributed by atoms with Crippen molar-refractivity contribution in [2.75, 3.05) is 25.0 Å². The Morgan fingerprint density at radius 2 is 1.90 bits per heavy atom. The molecule has 0 aliphatic heterocycles. The van der Waals surface area contributed by atoms with Crippen LogP contribution in [0.3, 0.4) is 0 Å². The molecule has 0 saturated carbocycles. The van der Waals surface area contributed by atoms with E-state index in [1.165, 1.54) is 11.3 Å². The molecule has 0 unspecified atom stereocenters. The molecule has 2 nitrogen and oxygen atoms in total. The van der Waals surface area contributed by atoms with E-state index in [4.69, 9.17) is 11.6 Å². The van der Waals surface area contributed by atoms with Gasteiger partial charge in [-0.1, -0.05) is 35.9 Å². The van der Waals surface area contributed by atoms with Crippen LogP contribution in [0.5, 0.6) is 0 Å². The number of benzene rings is 2. The highest BCUT2D eigenvalue weighted by molar-refractivity contribution is 9.10. The maximum absolute atomic E-state index is 5.98. The second-order valence-electron chi connectivity index (χ2n) is 5.04. The lowest BCUT2D eigenvalue weighted by Crippen LogP contribution is -2.23. The Hall–Kier alpha value is -1.03. The maximum atomic E-state index is 5.98. The van der Waals surface area contributed by atoms with Crippen LogP contribution in [-0.4, -0.2) is 20.1 Å². The lowest BCUT2D eigenvalue weighted by atomic mass is 10.2. The molecule has 0 spiro atoms. The van der Waals surface area contributed by atoms with Crippen LogP contribution >= 0.6 is 27.5 Å². The average Bonchev–Trinajstić information content (AvgIpc) is 2.51. The molecule has 0 saturated heterocycles. The first-order valence-corrected chi connectivity index (χ1v) is 8.25. The van der Waals surface area contributed by atoms with E-state index in [1.54, 1.807) is 0 Å². The molecule has 2 rings (SSSR count). The molecule has 4 heteroatoms. The second kappa shape index (κ2) is 8.42. The summed E-state index contributed by atoms with van der Waals surface area (Å²) in [6.07, 6.45) is 1.11. The van der Waals surface area contributed by atoms with Crippen molar-refractivity contribution in [3.63, 3.8) is 0 Å². The minimum Gasteiger partial charge on any atom is -0.375 e. The Labute approximate surface area is 140 Å². The van der Waals surface area contributed by atoms with Gasteiger partial charge < -0.3 is 10.2 Å². The average molecular weight is 368 g/mol. The molecule has 0 amide bonds. The van der Waals surface area contributed by atoms with Gasteiger partial charge in [0.1, 0.15) is 0 Å². The molecule has 0 bridgehead atoms. The zero-order valence-corrected chi connectivity index (χ0v) is 14.5. The Morgan fingerprint density at radius 1 is 1.14 bits per heavy atom. The van der Waals surface area contributed by atoms with E-state index >= 15 is 0 Å². The SMILES string of the molecule is CN(CCCNCc1ccc(Cl)c(Br)c1)c1ccccc1. The number of rotatable bonds is 7. The van der Waals surface area contributed by atoms with Crippen molar-refractivity contribution in [3.05, 3.63) is 63.6 Å². The molecule has 0 aromatic heterocycles. The van der Waals surface area contributed by atoms with Crippen molar-refractivity contribution in [3.8, 4) is 0 Å². The smallest absolute Gasteiger partial charge is 0.0548 e. The van der Waals surface area contributed by atoms with Gasteiger partial charge >= 0.3 is 0 Å². The molecular formula is C17H20BrClN2. The number of nitrogens with one attached hydrogen (secondary N) is 1. The molecule has 112 valence electrons. The van der Waals surface area contributed by atoms with Gasteiger partial charge in [0.05, 0.1) is 5.02 Å². The van der Waals surface area contributed by atoms with Crippen molar-refractivity contribution in [1.29, 1.82) is 0 Å². The molecule has 0 atom stereocenters. The van der Waals surface area contributed by atoms with Gasteiger partial charge in [-0.15, -0.1) is 0 Å². The largest absolute Gasteiger partial charge is 0.375 e. The van der Waals surface area contributed by atoms with Crippen molar-refractivity contribution in [2.24, 2.45) is 0 Å². The third-order valence-corrected chi connectivity index (χ3v) is 4.57. The zero-order chi connectivity index (χ0) is 15.1. The number of hydrogen-bond donors (Lipinski definition) is 1. The predicted octanol–water partition coefficient (Wildman–Crippen LogP) is 4.72. The van der Waals surface area contributed by atoms with Gasteiger partial charge in [-0.05, 0) is 58.7 Å². The first kappa shape index (κ1) is 16.3. The maximum Gasteiger partial charge on any atom is 0.0548 e. The van der Waals surface area contributed by atoms with Crippen molar-refractivity contribution in [1.82, 2.24) is 5.32 Å². The van der Waals surface area contributed by atoms with Crippen molar-refractivity contribution in [2.45, 2.75) is 13.0 Å². The lowest BCUT2D eigenvalue weighted by molar-refractivity contribution is 0.646. The molecule has 1 N–H and O–H groups in total. The van der Waals surface area contributed by atoms with Crippen LogP contribution in [0.2, 0.25) is 5.02 Å². The van der Waals surface area contributed by atoms with Crippen LogP contribution in [0.15, 0.2) is 53.0 Å². The predicted molar refractivity (Wildman–Crippen MR) is 95.2 cm³/mol. The Balaban J connectivity index is 1.67. The monoisotopic (exact) mass is 366 g/mol. The molecule has 0 heterocycles. The van der Waals surface area contributed by atoms with Gasteiger partial charge in [0.15, 0.2) is 0 Å². The molecule has 2 aromatic carbocycles. The summed E-state index contributed by atoms with van der Waals surface area (Å²) in [7, 11) is 2.13. The van der Waals surface area contributed by atoms with E-state index < -0.39 is 0 Å². The lowest BCUT2D eigenvalue weighted by Gasteiger charge is -2.19. The molecular weight excluding hydrogens is 348 g/mol. The topological polar surface area (TPSA) is 15.3 Å². The van der Waals surface area contributed by atoms with Gasteiger partial charge in [0.2, 0.25) is 0 Å². The summed E-state index contributed by atoms with van der Waals surface area (Å²) >= 11 is 9.43. The molecule has 21 heavy (non-hydrogen) atoms. The van der Waals surface area contributed by atoms with Crippen molar-refractivity contribution < 1.29 is 0 Å². The van der Waals surface area contributed by atoms with E-state index in [0.717, 1.165) is 35.6 Å². The van der Waals surface area contributed by atoms with Gasteiger partial charge in [-0.2, -0.15) is 0 Å². The molecule has 0 fully saturated rings. The number of para-hydroxylation sites is 1. The zero-order valence-electron chi connectivity index (χ0n) is 12.2. The summed E-state index contributed by atoms with van der Waals surface area (Å²) in [5.41, 5.74) is 2.50. The highest BCUT2D eigenvalue weighted by Gasteiger charge is 2.00. The quantitative estimate of drug-likeness (QED) is 0.712. The minimum absolute atomic E-state index is 0.753. The summed E-state index contributed by atoms with van der Waals surface area (Å²) in [5, 5.41) is 4.22. The number of halogens is 2. The van der Waals surface area contributed by atoms with E-state index in [-0.39, 0.29) is 0 Å². The highest BCUT2D eigenvalue weighted by Crippen LogP contribution is 2.23. The first-order chi connectivity index (χ1) is 10.2. The third-order valence-electron chi connectivity index (χ3n) is 3.36. The molecule has 0 radical (unpaired) electrons. The minimum atomic E-state index is 0.753. The Kier molecular flexibility index (Phi) is 6.55. The number of anilines is 1. The summed E-state index contributed by atoms with van der Waals surface area (Å²) in [6, 6.07) is 16.5. The van der Waals surface area contributed by atoms with E-state index in [1.807, 2.05) is 12.1 Å². The van der Waals surface area contributed by atoms with E-state index in [2.05, 4.69) is 69.6 Å². The fraction of sp³-hybridized carbons (Fsp3) is 0.294. The van der Waals surface area contributed by atoms with Gasteiger partial charge in [0.25, 0.3) is 0 Å². The second-order valence-corrected chi connectivity index (χ2v) is 6.30. The third kappa shape index (κ3) is 5.34. The first-order valence-electron chi connectivity index (χ1n) is 7.07. The molecule has 0 aliphatic carbocycles. The Morgan fingerprint density at radius 3 is 2.62 bits per heavy atom. The summed E-state index contributed by atoms with van der Waals surface area (Å²) in [6.45, 7) is 2.91. The van der Waals surface area contributed by atoms with E-state index in [9.17, 15) is 0 Å². The van der Waals surface area contributed by atoms with Crippen LogP contribution in [0, 0.1) is 0 Å². The normalized spacial score (nSPS) is 10.6. The summed E-state index contributed by atoms with van der Waals surface area (Å²) < 4.78 is 0.951. The molecule has 0 aliphatic rings.